The molecular formula is C25H34N2. The molecule has 1 fully saturated rings. The predicted octanol–water partition coefficient (Wildman–Crippen LogP) is 4.94. The van der Waals surface area contributed by atoms with Crippen LogP contribution in [0.25, 0.3) is 0 Å². The molecule has 1 aromatic rings. The highest BCUT2D eigenvalue weighted by molar-refractivity contribution is 5.34. The van der Waals surface area contributed by atoms with Crippen molar-refractivity contribution in [2.45, 2.75) is 70.0 Å². The Morgan fingerprint density at radius 1 is 1.22 bits per heavy atom. The molecule has 2 aliphatic heterocycles. The summed E-state index contributed by atoms with van der Waals surface area (Å²) in [7, 11) is 0. The fraction of sp³-hybridized carbons (Fsp3) is 0.520. The minimum Gasteiger partial charge on any atom is -0.330 e. The van der Waals surface area contributed by atoms with Crippen molar-refractivity contribution in [3.05, 3.63) is 60.2 Å². The van der Waals surface area contributed by atoms with Gasteiger partial charge in [-0.15, -0.1) is 13.2 Å². The Morgan fingerprint density at radius 2 is 2.11 bits per heavy atom. The van der Waals surface area contributed by atoms with Crippen LogP contribution in [-0.2, 0) is 19.4 Å². The molecule has 0 radical (unpaired) electrons. The third-order valence-electron chi connectivity index (χ3n) is 6.28. The molecule has 1 aromatic carbocycles. The lowest BCUT2D eigenvalue weighted by Gasteiger charge is -2.34. The van der Waals surface area contributed by atoms with Gasteiger partial charge in [0.2, 0.25) is 0 Å². The number of piperidine rings is 1. The molecule has 0 aliphatic carbocycles. The van der Waals surface area contributed by atoms with Crippen molar-refractivity contribution < 1.29 is 0 Å². The summed E-state index contributed by atoms with van der Waals surface area (Å²) in [5, 5.41) is 0. The number of allylic oxidation sites excluding steroid dienone is 1. The molecule has 2 aliphatic rings. The number of terminal acetylenes is 1. The second kappa shape index (κ2) is 9.81. The van der Waals surface area contributed by atoms with Crippen molar-refractivity contribution in [1.82, 2.24) is 9.80 Å². The summed E-state index contributed by atoms with van der Waals surface area (Å²) in [6.45, 7) is 11.2. The summed E-state index contributed by atoms with van der Waals surface area (Å²) >= 11 is 0. The molecule has 0 saturated carbocycles. The summed E-state index contributed by atoms with van der Waals surface area (Å²) in [4.78, 5) is 4.79. The topological polar surface area (TPSA) is 6.48 Å². The largest absolute Gasteiger partial charge is 0.330 e. The van der Waals surface area contributed by atoms with Gasteiger partial charge in [0.05, 0.1) is 0 Å². The number of rotatable bonds is 8. The second-order valence-corrected chi connectivity index (χ2v) is 8.00. The summed E-state index contributed by atoms with van der Waals surface area (Å²) < 4.78 is 0. The summed E-state index contributed by atoms with van der Waals surface area (Å²) in [6, 6.07) is 11.0. The Labute approximate surface area is 165 Å². The molecule has 2 heterocycles. The molecule has 2 atom stereocenters. The van der Waals surface area contributed by atoms with Crippen LogP contribution in [0.2, 0.25) is 0 Å². The number of aryl methyl sites for hydroxylation is 1. The van der Waals surface area contributed by atoms with Gasteiger partial charge in [-0.3, -0.25) is 4.90 Å². The smallest absolute Gasteiger partial charge is 0.0374 e. The van der Waals surface area contributed by atoms with Crippen LogP contribution in [-0.4, -0.2) is 35.0 Å². The molecule has 27 heavy (non-hydrogen) atoms. The standard InChI is InChI=1S/C25H34N2/c1-4-7-10-24(5-2)27-18-16-22-14-12-21(19-23(22)20-27)13-15-25-11-8-9-17-26(25)6-3/h3-5,12,14,19,24-25H,1-2,7-11,13,15-18,20H2. The highest BCUT2D eigenvalue weighted by Gasteiger charge is 2.22. The third kappa shape index (κ3) is 5.05. The van der Waals surface area contributed by atoms with Gasteiger partial charge in [0.15, 0.2) is 0 Å². The van der Waals surface area contributed by atoms with Gasteiger partial charge in [-0.25, -0.2) is 0 Å². The zero-order valence-corrected chi connectivity index (χ0v) is 16.7. The van der Waals surface area contributed by atoms with Crippen molar-refractivity contribution in [1.29, 1.82) is 0 Å². The van der Waals surface area contributed by atoms with E-state index in [1.165, 1.54) is 42.4 Å². The van der Waals surface area contributed by atoms with Gasteiger partial charge in [-0.1, -0.05) is 36.8 Å². The van der Waals surface area contributed by atoms with E-state index in [2.05, 4.69) is 53.3 Å². The van der Waals surface area contributed by atoms with E-state index < -0.39 is 0 Å². The molecule has 0 spiro atoms. The summed E-state index contributed by atoms with van der Waals surface area (Å²) in [6.07, 6.45) is 19.2. The zero-order valence-electron chi connectivity index (χ0n) is 16.7. The van der Waals surface area contributed by atoms with Gasteiger partial charge in [0.25, 0.3) is 0 Å². The lowest BCUT2D eigenvalue weighted by molar-refractivity contribution is 0.202. The lowest BCUT2D eigenvalue weighted by Crippen LogP contribution is -2.38. The van der Waals surface area contributed by atoms with Crippen LogP contribution in [0.1, 0.15) is 55.2 Å². The van der Waals surface area contributed by atoms with Crippen LogP contribution in [0.3, 0.4) is 0 Å². The van der Waals surface area contributed by atoms with Crippen molar-refractivity contribution in [3.63, 3.8) is 0 Å². The second-order valence-electron chi connectivity index (χ2n) is 8.00. The number of nitrogens with zero attached hydrogens (tertiary/aromatic N) is 2. The molecule has 3 rings (SSSR count). The molecule has 0 amide bonds. The van der Waals surface area contributed by atoms with Crippen LogP contribution in [0.15, 0.2) is 43.5 Å². The Morgan fingerprint density at radius 3 is 2.89 bits per heavy atom. The van der Waals surface area contributed by atoms with Crippen molar-refractivity contribution in [2.75, 3.05) is 13.1 Å². The number of benzene rings is 1. The highest BCUT2D eigenvalue weighted by Crippen LogP contribution is 2.26. The fourth-order valence-corrected chi connectivity index (χ4v) is 4.61. The Balaban J connectivity index is 1.62. The van der Waals surface area contributed by atoms with E-state index in [-0.39, 0.29) is 0 Å². The zero-order chi connectivity index (χ0) is 19.1. The molecule has 144 valence electrons. The van der Waals surface area contributed by atoms with E-state index in [0.717, 1.165) is 45.3 Å². The van der Waals surface area contributed by atoms with E-state index in [4.69, 9.17) is 6.42 Å². The Kier molecular flexibility index (Phi) is 7.18. The minimum atomic E-state index is 0.450. The van der Waals surface area contributed by atoms with E-state index in [9.17, 15) is 0 Å². The first kappa shape index (κ1) is 19.8. The van der Waals surface area contributed by atoms with Gasteiger partial charge in [0, 0.05) is 37.8 Å². The fourth-order valence-electron chi connectivity index (χ4n) is 4.61. The quantitative estimate of drug-likeness (QED) is 0.477. The van der Waals surface area contributed by atoms with Crippen molar-refractivity contribution in [2.24, 2.45) is 0 Å². The van der Waals surface area contributed by atoms with Crippen LogP contribution in [0.5, 0.6) is 0 Å². The number of hydrogen-bond donors (Lipinski definition) is 0. The van der Waals surface area contributed by atoms with Crippen molar-refractivity contribution in [3.8, 4) is 12.5 Å². The molecule has 2 unspecified atom stereocenters. The van der Waals surface area contributed by atoms with E-state index >= 15 is 0 Å². The monoisotopic (exact) mass is 362 g/mol. The molecule has 0 bridgehead atoms. The van der Waals surface area contributed by atoms with Gasteiger partial charge in [0.1, 0.15) is 0 Å². The average Bonchev–Trinajstić information content (AvgIpc) is 2.72. The molecule has 0 aromatic heterocycles. The first-order chi connectivity index (χ1) is 13.2. The van der Waals surface area contributed by atoms with Crippen LogP contribution in [0, 0.1) is 12.5 Å². The van der Waals surface area contributed by atoms with Crippen LogP contribution < -0.4 is 0 Å². The highest BCUT2D eigenvalue weighted by atomic mass is 15.2. The molecular weight excluding hydrogens is 328 g/mol. The van der Waals surface area contributed by atoms with Crippen LogP contribution in [0.4, 0.5) is 0 Å². The molecule has 2 nitrogen and oxygen atoms in total. The maximum absolute atomic E-state index is 5.70. The lowest BCUT2D eigenvalue weighted by atomic mass is 9.92. The number of fused-ring (bicyclic) bond motifs is 1. The average molecular weight is 363 g/mol. The first-order valence-corrected chi connectivity index (χ1v) is 10.6. The molecule has 0 N–H and O–H groups in total. The van der Waals surface area contributed by atoms with E-state index in [1.54, 1.807) is 0 Å². The molecule has 1 saturated heterocycles. The Hall–Kier alpha value is -1.98. The van der Waals surface area contributed by atoms with E-state index in [0.29, 0.717) is 12.1 Å². The SMILES string of the molecule is C#CN1CCCCC1CCc1ccc2c(c1)CN(C(C=C)CCC=C)CC2. The summed E-state index contributed by atoms with van der Waals surface area (Å²) in [5.74, 6) is 0. The number of likely N-dealkylation sites (tertiary alicyclic amines) is 1. The van der Waals surface area contributed by atoms with E-state index in [1.807, 2.05) is 6.08 Å². The maximum atomic E-state index is 5.70. The first-order valence-electron chi connectivity index (χ1n) is 10.6. The normalized spacial score (nSPS) is 21.1. The van der Waals surface area contributed by atoms with Gasteiger partial charge >= 0.3 is 0 Å². The minimum absolute atomic E-state index is 0.450. The van der Waals surface area contributed by atoms with Gasteiger partial charge in [-0.2, -0.15) is 0 Å². The van der Waals surface area contributed by atoms with Gasteiger partial charge < -0.3 is 4.90 Å². The molecule has 2 heteroatoms. The third-order valence-corrected chi connectivity index (χ3v) is 6.28. The van der Waals surface area contributed by atoms with Crippen LogP contribution >= 0.6 is 0 Å². The van der Waals surface area contributed by atoms with Crippen molar-refractivity contribution >= 4 is 0 Å². The number of hydrogen-bond acceptors (Lipinski definition) is 2. The maximum Gasteiger partial charge on any atom is 0.0374 e. The predicted molar refractivity (Wildman–Crippen MR) is 115 cm³/mol. The van der Waals surface area contributed by atoms with Gasteiger partial charge in [-0.05, 0) is 68.1 Å². The Bertz CT molecular complexity index is 684. The summed E-state index contributed by atoms with van der Waals surface area (Å²) in [5.41, 5.74) is 4.48.